The Morgan fingerprint density at radius 3 is 0.925 bits per heavy atom. The highest BCUT2D eigenvalue weighted by atomic mass is 16.4. The summed E-state index contributed by atoms with van der Waals surface area (Å²) >= 11 is 0. The lowest BCUT2D eigenvalue weighted by atomic mass is 10.1. The highest BCUT2D eigenvalue weighted by Crippen LogP contribution is 2.01. The average molecular weight is 593 g/mol. The van der Waals surface area contributed by atoms with Crippen molar-refractivity contribution < 1.29 is 69.6 Å². The maximum absolute atomic E-state index is 10.1. The maximum atomic E-state index is 10.1. The monoisotopic (exact) mass is 592 g/mol. The van der Waals surface area contributed by atoms with Crippen molar-refractivity contribution >= 4 is 35.8 Å². The van der Waals surface area contributed by atoms with Crippen molar-refractivity contribution in [3.05, 3.63) is 0 Å². The number of carboxylic acid groups (broad SMARTS) is 5. The van der Waals surface area contributed by atoms with Crippen LogP contribution in [0.4, 0.5) is 0 Å². The average Bonchev–Trinajstić information content (AvgIpc) is 2.82. The van der Waals surface area contributed by atoms with Gasteiger partial charge in [0, 0.05) is 0 Å². The molecule has 40 heavy (non-hydrogen) atoms. The lowest BCUT2D eigenvalue weighted by Crippen LogP contribution is -2.39. The number of primary amides is 1. The van der Waals surface area contributed by atoms with E-state index >= 15 is 0 Å². The Balaban J connectivity index is -0.000000128. The zero-order valence-electron chi connectivity index (χ0n) is 22.4. The maximum Gasteiger partial charge on any atom is 0.323 e. The highest BCUT2D eigenvalue weighted by molar-refractivity contribution is 5.83. The summed E-state index contributed by atoms with van der Waals surface area (Å²) in [7, 11) is 0. The third kappa shape index (κ3) is 36.7. The quantitative estimate of drug-likeness (QED) is 0.100. The van der Waals surface area contributed by atoms with Gasteiger partial charge in [-0.2, -0.15) is 0 Å². The number of aliphatic carboxylic acids is 5. The summed E-state index contributed by atoms with van der Waals surface area (Å²) in [5.74, 6) is -6.01. The zero-order valence-corrected chi connectivity index (χ0v) is 22.4. The van der Waals surface area contributed by atoms with Crippen LogP contribution in [0.2, 0.25) is 0 Å². The normalized spacial score (nSPS) is 14.1. The van der Waals surface area contributed by atoms with Crippen LogP contribution in [0.25, 0.3) is 0 Å². The summed E-state index contributed by atoms with van der Waals surface area (Å²) in [6.07, 6.45) is -0.738. The van der Waals surface area contributed by atoms with E-state index in [2.05, 4.69) is 5.73 Å². The molecule has 0 rings (SSSR count). The first-order valence-corrected chi connectivity index (χ1v) is 11.1. The molecule has 0 unspecified atom stereocenters. The van der Waals surface area contributed by atoms with Crippen LogP contribution in [0, 0.1) is 5.92 Å². The van der Waals surface area contributed by atoms with E-state index < -0.39 is 85.3 Å². The molecule has 238 valence electrons. The lowest BCUT2D eigenvalue weighted by Gasteiger charge is -2.07. The molecule has 20 heteroatoms. The van der Waals surface area contributed by atoms with Crippen LogP contribution < -0.4 is 34.4 Å². The summed E-state index contributed by atoms with van der Waals surface area (Å²) in [5, 5.41) is 64.7. The Bertz CT molecular complexity index is 733. The molecule has 0 aromatic rings. The molecule has 0 bridgehead atoms. The summed E-state index contributed by atoms with van der Waals surface area (Å²) in [6, 6.07) is -5.26. The fraction of sp³-hybridized carbons (Fsp3) is 0.700. The molecule has 0 saturated carbocycles. The van der Waals surface area contributed by atoms with Gasteiger partial charge >= 0.3 is 29.8 Å². The summed E-state index contributed by atoms with van der Waals surface area (Å²) in [6.45, 7) is 4.22. The number of carbonyl (C=O) groups is 6. The number of nitrogens with two attached hydrogens (primary N) is 6. The van der Waals surface area contributed by atoms with Crippen molar-refractivity contribution in [2.75, 3.05) is 13.2 Å². The molecule has 0 aliphatic carbocycles. The molecule has 0 radical (unpaired) electrons. The van der Waals surface area contributed by atoms with Crippen LogP contribution in [-0.4, -0.2) is 126 Å². The van der Waals surface area contributed by atoms with Crippen molar-refractivity contribution in [1.82, 2.24) is 0 Å². The van der Waals surface area contributed by atoms with E-state index in [1.807, 2.05) is 13.8 Å². The summed E-state index contributed by atoms with van der Waals surface area (Å²) in [5.41, 5.74) is 29.2. The molecule has 0 aliphatic heterocycles. The van der Waals surface area contributed by atoms with Crippen LogP contribution in [0.15, 0.2) is 0 Å². The second-order valence-corrected chi connectivity index (χ2v) is 8.05. The Labute approximate surface area is 229 Å². The van der Waals surface area contributed by atoms with E-state index in [0.29, 0.717) is 12.3 Å². The highest BCUT2D eigenvalue weighted by Gasteiger charge is 2.16. The minimum atomic E-state index is -1.21. The molecule has 0 aromatic carbocycles. The number of carboxylic acids is 5. The molecule has 0 spiro atoms. The van der Waals surface area contributed by atoms with Gasteiger partial charge in [0.25, 0.3) is 0 Å². The Hall–Kier alpha value is -3.50. The van der Waals surface area contributed by atoms with Crippen LogP contribution in [0.5, 0.6) is 0 Å². The van der Waals surface area contributed by atoms with Gasteiger partial charge in [0.1, 0.15) is 30.2 Å². The second kappa shape index (κ2) is 27.1. The van der Waals surface area contributed by atoms with Gasteiger partial charge in [-0.15, -0.1) is 0 Å². The minimum absolute atomic E-state index is 0.310. The first-order chi connectivity index (χ1) is 18.0. The van der Waals surface area contributed by atoms with Crippen molar-refractivity contribution in [2.24, 2.45) is 40.3 Å². The number of hydrogen-bond acceptors (Lipinski definition) is 14. The third-order valence-electron chi connectivity index (χ3n) is 3.61. The molecule has 0 saturated heterocycles. The molecular formula is C20H44N6O14. The smallest absolute Gasteiger partial charge is 0.323 e. The van der Waals surface area contributed by atoms with Crippen LogP contribution in [0.1, 0.15) is 33.6 Å². The largest absolute Gasteiger partial charge is 0.480 e. The van der Waals surface area contributed by atoms with E-state index in [9.17, 15) is 28.8 Å². The number of hydrogen-bond donors (Lipinski definition) is 14. The van der Waals surface area contributed by atoms with Crippen molar-refractivity contribution in [3.63, 3.8) is 0 Å². The van der Waals surface area contributed by atoms with E-state index in [0.717, 1.165) is 0 Å². The van der Waals surface area contributed by atoms with Gasteiger partial charge in [-0.25, -0.2) is 0 Å². The molecule has 0 aliphatic rings. The van der Waals surface area contributed by atoms with Gasteiger partial charge in [0.15, 0.2) is 0 Å². The molecule has 1 amide bonds. The van der Waals surface area contributed by atoms with Crippen LogP contribution in [0.3, 0.4) is 0 Å². The van der Waals surface area contributed by atoms with Gasteiger partial charge in [0.05, 0.1) is 25.7 Å². The number of amides is 1. The molecule has 20 nitrogen and oxygen atoms in total. The molecule has 0 aromatic heterocycles. The number of aliphatic hydroxyl groups excluding tert-OH is 3. The topological polar surface area (TPSA) is 420 Å². The first-order valence-electron chi connectivity index (χ1n) is 11.1. The summed E-state index contributed by atoms with van der Waals surface area (Å²) in [4.78, 5) is 59.2. The summed E-state index contributed by atoms with van der Waals surface area (Å²) < 4.78 is 0. The fourth-order valence-corrected chi connectivity index (χ4v) is 1.28. The number of rotatable bonds is 12. The fourth-order valence-electron chi connectivity index (χ4n) is 1.28. The lowest BCUT2D eigenvalue weighted by molar-refractivity contribution is -0.141. The van der Waals surface area contributed by atoms with Gasteiger partial charge in [-0.1, -0.05) is 13.8 Å². The molecule has 6 atom stereocenters. The van der Waals surface area contributed by atoms with Gasteiger partial charge in [0.2, 0.25) is 5.91 Å². The zero-order chi connectivity index (χ0) is 33.3. The molecular weight excluding hydrogens is 548 g/mol. The van der Waals surface area contributed by atoms with Crippen LogP contribution in [-0.2, 0) is 28.8 Å². The Morgan fingerprint density at radius 1 is 0.575 bits per heavy atom. The van der Waals surface area contributed by atoms with Gasteiger partial charge in [-0.05, 0) is 19.3 Å². The van der Waals surface area contributed by atoms with E-state index in [4.69, 9.17) is 69.5 Å². The molecule has 20 N–H and O–H groups in total. The van der Waals surface area contributed by atoms with Gasteiger partial charge < -0.3 is 75.3 Å². The third-order valence-corrected chi connectivity index (χ3v) is 3.61. The Kier molecular flexibility index (Phi) is 31.4. The number of aliphatic hydroxyl groups is 3. The van der Waals surface area contributed by atoms with E-state index in [1.54, 1.807) is 0 Å². The van der Waals surface area contributed by atoms with Crippen molar-refractivity contribution in [1.29, 1.82) is 0 Å². The number of carbonyl (C=O) groups excluding carboxylic acids is 1. The molecule has 0 fully saturated rings. The second-order valence-electron chi connectivity index (χ2n) is 8.05. The predicted octanol–water partition coefficient (Wildman–Crippen LogP) is -5.72. The standard InChI is InChI=1S/C6H13NO2.C4H8N2O3.C4H9NO3.2C3H7NO3/c1-4(2)3-5(7)6(8)9;5-2(4(8)9)1-3(6)7;1-2(6)3(5)4(7)8;2*4-2(1-5)3(6)7/h4-5H,3,7H2,1-2H3,(H,8,9);2H,1,5H2,(H2,6,7)(H,8,9);2-3,6H,5H2,1H3,(H,7,8);2*2,5H,1,4H2,(H,6,7)/t5-;2-;2-,3+;2*2-/m00100/s1. The minimum Gasteiger partial charge on any atom is -0.480 e. The Morgan fingerprint density at radius 2 is 0.875 bits per heavy atom. The first kappa shape index (κ1) is 46.4. The van der Waals surface area contributed by atoms with Gasteiger partial charge in [-0.3, -0.25) is 28.8 Å². The van der Waals surface area contributed by atoms with Crippen molar-refractivity contribution in [2.45, 2.75) is 69.9 Å². The SMILES string of the molecule is CC(C)C[C@H](N)C(=O)O.C[C@@H](O)[C@H](N)C(=O)O.NC(=O)C[C@H](N)C(=O)O.N[C@@H](CO)C(=O)O.N[C@@H](CO)C(=O)O. The van der Waals surface area contributed by atoms with E-state index in [1.165, 1.54) is 6.92 Å². The van der Waals surface area contributed by atoms with E-state index in [-0.39, 0.29) is 6.42 Å². The van der Waals surface area contributed by atoms with Crippen molar-refractivity contribution in [3.8, 4) is 0 Å². The van der Waals surface area contributed by atoms with Crippen LogP contribution >= 0.6 is 0 Å². The predicted molar refractivity (Wildman–Crippen MR) is 137 cm³/mol. The molecule has 0 heterocycles.